The first-order valence-electron chi connectivity index (χ1n) is 6.46. The Bertz CT molecular complexity index is 287. The summed E-state index contributed by atoms with van der Waals surface area (Å²) in [7, 11) is 0. The normalized spacial score (nSPS) is 14.9. The molecule has 0 spiro atoms. The third kappa shape index (κ3) is 4.29. The number of aliphatic hydroxyl groups is 1. The summed E-state index contributed by atoms with van der Waals surface area (Å²) < 4.78 is 0. The summed E-state index contributed by atoms with van der Waals surface area (Å²) in [4.78, 5) is 23.1. The van der Waals surface area contributed by atoms with E-state index < -0.39 is 11.4 Å². The molecule has 0 aromatic rings. The summed E-state index contributed by atoms with van der Waals surface area (Å²) in [5.74, 6) is -1.24. The van der Waals surface area contributed by atoms with Gasteiger partial charge in [0, 0.05) is 19.1 Å². The SMILES string of the molecule is CCC(CC)(CC(=O)NC(C)C(C)CO)C(=O)O. The number of carbonyl (C=O) groups is 2. The number of hydrogen-bond donors (Lipinski definition) is 3. The Labute approximate surface area is 109 Å². The second-order valence-corrected chi connectivity index (χ2v) is 4.99. The number of carboxylic acid groups (broad SMARTS) is 1. The number of hydrogen-bond acceptors (Lipinski definition) is 3. The molecule has 0 aliphatic carbocycles. The predicted octanol–water partition coefficient (Wildman–Crippen LogP) is 1.40. The minimum absolute atomic E-state index is 0.00687. The Morgan fingerprint density at radius 1 is 1.22 bits per heavy atom. The third-order valence-corrected chi connectivity index (χ3v) is 3.84. The van der Waals surface area contributed by atoms with E-state index in [0.29, 0.717) is 12.8 Å². The lowest BCUT2D eigenvalue weighted by Gasteiger charge is -2.27. The van der Waals surface area contributed by atoms with Gasteiger partial charge in [0.05, 0.1) is 5.41 Å². The quantitative estimate of drug-likeness (QED) is 0.615. The van der Waals surface area contributed by atoms with Crippen molar-refractivity contribution >= 4 is 11.9 Å². The van der Waals surface area contributed by atoms with Crippen molar-refractivity contribution in [3.63, 3.8) is 0 Å². The fourth-order valence-electron chi connectivity index (χ4n) is 1.79. The molecule has 18 heavy (non-hydrogen) atoms. The summed E-state index contributed by atoms with van der Waals surface area (Å²) in [5, 5.41) is 21.0. The molecular formula is C13H25NO4. The van der Waals surface area contributed by atoms with Gasteiger partial charge >= 0.3 is 5.97 Å². The number of amides is 1. The molecule has 0 aromatic carbocycles. The van der Waals surface area contributed by atoms with E-state index in [-0.39, 0.29) is 30.9 Å². The van der Waals surface area contributed by atoms with Crippen molar-refractivity contribution in [2.24, 2.45) is 11.3 Å². The highest BCUT2D eigenvalue weighted by Gasteiger charge is 2.37. The minimum Gasteiger partial charge on any atom is -0.481 e. The van der Waals surface area contributed by atoms with E-state index in [2.05, 4.69) is 5.32 Å². The van der Waals surface area contributed by atoms with Gasteiger partial charge < -0.3 is 15.5 Å². The molecule has 0 bridgehead atoms. The van der Waals surface area contributed by atoms with Gasteiger partial charge in [0.2, 0.25) is 5.91 Å². The molecule has 0 saturated carbocycles. The van der Waals surface area contributed by atoms with Crippen molar-refractivity contribution in [1.29, 1.82) is 0 Å². The van der Waals surface area contributed by atoms with Gasteiger partial charge in [-0.05, 0) is 25.7 Å². The minimum atomic E-state index is -0.980. The van der Waals surface area contributed by atoms with E-state index in [1.54, 1.807) is 20.8 Å². The Balaban J connectivity index is 4.58. The first-order valence-corrected chi connectivity index (χ1v) is 6.46. The zero-order chi connectivity index (χ0) is 14.3. The second-order valence-electron chi connectivity index (χ2n) is 4.99. The average Bonchev–Trinajstić information content (AvgIpc) is 2.34. The number of aliphatic hydroxyl groups excluding tert-OH is 1. The average molecular weight is 259 g/mol. The van der Waals surface area contributed by atoms with Crippen LogP contribution in [0, 0.1) is 11.3 Å². The Morgan fingerprint density at radius 3 is 2.06 bits per heavy atom. The lowest BCUT2D eigenvalue weighted by Crippen LogP contribution is -2.42. The lowest BCUT2D eigenvalue weighted by atomic mass is 9.79. The fourth-order valence-corrected chi connectivity index (χ4v) is 1.79. The van der Waals surface area contributed by atoms with Crippen molar-refractivity contribution < 1.29 is 19.8 Å². The zero-order valence-corrected chi connectivity index (χ0v) is 11.7. The smallest absolute Gasteiger partial charge is 0.310 e. The van der Waals surface area contributed by atoms with E-state index in [1.807, 2.05) is 6.92 Å². The molecule has 5 heteroatoms. The van der Waals surface area contributed by atoms with Crippen LogP contribution in [0.3, 0.4) is 0 Å². The van der Waals surface area contributed by atoms with Crippen LogP contribution in [0.5, 0.6) is 0 Å². The molecule has 0 aromatic heterocycles. The van der Waals surface area contributed by atoms with Crippen molar-refractivity contribution in [2.75, 3.05) is 6.61 Å². The summed E-state index contributed by atoms with van der Waals surface area (Å²) in [6.45, 7) is 7.19. The molecule has 1 amide bonds. The molecule has 0 radical (unpaired) electrons. The van der Waals surface area contributed by atoms with Crippen LogP contribution < -0.4 is 5.32 Å². The van der Waals surface area contributed by atoms with Gasteiger partial charge in [0.1, 0.15) is 0 Å². The Hall–Kier alpha value is -1.10. The first-order chi connectivity index (χ1) is 8.32. The van der Waals surface area contributed by atoms with Crippen LogP contribution in [0.25, 0.3) is 0 Å². The fraction of sp³-hybridized carbons (Fsp3) is 0.846. The van der Waals surface area contributed by atoms with Gasteiger partial charge in [-0.15, -0.1) is 0 Å². The molecule has 3 N–H and O–H groups in total. The van der Waals surface area contributed by atoms with Crippen molar-refractivity contribution in [1.82, 2.24) is 5.32 Å². The molecule has 0 rings (SSSR count). The molecule has 0 aliphatic heterocycles. The maximum Gasteiger partial charge on any atom is 0.310 e. The molecule has 2 atom stereocenters. The van der Waals surface area contributed by atoms with Gasteiger partial charge in [-0.1, -0.05) is 20.8 Å². The van der Waals surface area contributed by atoms with Crippen molar-refractivity contribution in [3.8, 4) is 0 Å². The van der Waals surface area contributed by atoms with Crippen LogP contribution >= 0.6 is 0 Å². The maximum atomic E-state index is 11.9. The third-order valence-electron chi connectivity index (χ3n) is 3.84. The van der Waals surface area contributed by atoms with E-state index in [9.17, 15) is 14.7 Å². The van der Waals surface area contributed by atoms with E-state index in [0.717, 1.165) is 0 Å². The predicted molar refractivity (Wildman–Crippen MR) is 69.1 cm³/mol. The largest absolute Gasteiger partial charge is 0.481 e. The molecule has 2 unspecified atom stereocenters. The van der Waals surface area contributed by atoms with Crippen molar-refractivity contribution in [3.05, 3.63) is 0 Å². The molecule has 106 valence electrons. The van der Waals surface area contributed by atoms with Crippen LogP contribution in [0.1, 0.15) is 47.0 Å². The van der Waals surface area contributed by atoms with Crippen LogP contribution in [-0.4, -0.2) is 34.7 Å². The Kier molecular flexibility index (Phi) is 6.91. The Morgan fingerprint density at radius 2 is 1.72 bits per heavy atom. The van der Waals surface area contributed by atoms with Gasteiger partial charge in [-0.25, -0.2) is 0 Å². The highest BCUT2D eigenvalue weighted by atomic mass is 16.4. The molecule has 0 heterocycles. The molecular weight excluding hydrogens is 234 g/mol. The van der Waals surface area contributed by atoms with Crippen LogP contribution in [0.2, 0.25) is 0 Å². The topological polar surface area (TPSA) is 86.6 Å². The number of aliphatic carboxylic acids is 1. The van der Waals surface area contributed by atoms with E-state index >= 15 is 0 Å². The molecule has 0 aliphatic rings. The van der Waals surface area contributed by atoms with Gasteiger partial charge in [0.15, 0.2) is 0 Å². The van der Waals surface area contributed by atoms with Crippen LogP contribution in [-0.2, 0) is 9.59 Å². The zero-order valence-electron chi connectivity index (χ0n) is 11.7. The van der Waals surface area contributed by atoms with E-state index in [4.69, 9.17) is 5.11 Å². The van der Waals surface area contributed by atoms with Crippen molar-refractivity contribution in [2.45, 2.75) is 53.0 Å². The van der Waals surface area contributed by atoms with E-state index in [1.165, 1.54) is 0 Å². The number of nitrogens with one attached hydrogen (secondary N) is 1. The highest BCUT2D eigenvalue weighted by Crippen LogP contribution is 2.30. The second kappa shape index (κ2) is 7.36. The van der Waals surface area contributed by atoms with Gasteiger partial charge in [-0.2, -0.15) is 0 Å². The summed E-state index contributed by atoms with van der Waals surface area (Å²) in [6.07, 6.45) is 0.837. The van der Waals surface area contributed by atoms with Gasteiger partial charge in [-0.3, -0.25) is 9.59 Å². The van der Waals surface area contributed by atoms with Crippen LogP contribution in [0.15, 0.2) is 0 Å². The summed E-state index contributed by atoms with van der Waals surface area (Å²) >= 11 is 0. The number of carbonyl (C=O) groups excluding carboxylic acids is 1. The summed E-state index contributed by atoms with van der Waals surface area (Å²) in [6, 6.07) is -0.164. The molecule has 0 saturated heterocycles. The van der Waals surface area contributed by atoms with Crippen LogP contribution in [0.4, 0.5) is 0 Å². The first kappa shape index (κ1) is 16.9. The van der Waals surface area contributed by atoms with Gasteiger partial charge in [0.25, 0.3) is 0 Å². The number of carboxylic acids is 1. The monoisotopic (exact) mass is 259 g/mol. The molecule has 0 fully saturated rings. The lowest BCUT2D eigenvalue weighted by molar-refractivity contribution is -0.152. The maximum absolute atomic E-state index is 11.9. The number of rotatable bonds is 8. The standard InChI is InChI=1S/C13H25NO4/c1-5-13(6-2,12(17)18)7-11(16)14-10(4)9(3)8-15/h9-10,15H,5-8H2,1-4H3,(H,14,16)(H,17,18). The summed E-state index contributed by atoms with van der Waals surface area (Å²) in [5.41, 5.74) is -0.980. The molecule has 5 nitrogen and oxygen atoms in total. The highest BCUT2D eigenvalue weighted by molar-refractivity contribution is 5.85.